The van der Waals surface area contributed by atoms with Gasteiger partial charge in [0.2, 0.25) is 10.0 Å². The minimum atomic E-state index is -3.06. The Bertz CT molecular complexity index is 619. The van der Waals surface area contributed by atoms with Crippen LogP contribution in [-0.4, -0.2) is 31.2 Å². The van der Waals surface area contributed by atoms with Crippen molar-refractivity contribution in [3.8, 4) is 0 Å². The van der Waals surface area contributed by atoms with Crippen molar-refractivity contribution in [1.82, 2.24) is 14.7 Å². The molecule has 2 N–H and O–H groups in total. The van der Waals surface area contributed by atoms with Crippen LogP contribution in [0.15, 0.2) is 24.5 Å². The van der Waals surface area contributed by atoms with E-state index in [0.717, 1.165) is 30.3 Å². The van der Waals surface area contributed by atoms with Gasteiger partial charge in [0.05, 0.1) is 6.26 Å². The molecule has 0 atom stereocenters. The van der Waals surface area contributed by atoms with Crippen LogP contribution in [0.3, 0.4) is 0 Å². The molecule has 0 fully saturated rings. The molecule has 2 rings (SSSR count). The van der Waals surface area contributed by atoms with E-state index < -0.39 is 10.0 Å². The molecule has 0 aliphatic carbocycles. The second-order valence-corrected chi connectivity index (χ2v) is 6.17. The quantitative estimate of drug-likeness (QED) is 0.778. The highest BCUT2D eigenvalue weighted by molar-refractivity contribution is 7.88. The van der Waals surface area contributed by atoms with Gasteiger partial charge < -0.3 is 4.98 Å². The Kier molecular flexibility index (Phi) is 3.98. The maximum absolute atomic E-state index is 10.9. The van der Waals surface area contributed by atoms with E-state index in [4.69, 9.17) is 0 Å². The number of sulfonamides is 1. The van der Waals surface area contributed by atoms with Crippen LogP contribution < -0.4 is 4.72 Å². The number of aromatic nitrogens is 2. The van der Waals surface area contributed by atoms with Gasteiger partial charge in [-0.3, -0.25) is 0 Å². The first-order valence-corrected chi connectivity index (χ1v) is 7.81. The Morgan fingerprint density at radius 2 is 2.17 bits per heavy atom. The van der Waals surface area contributed by atoms with Crippen molar-refractivity contribution in [2.24, 2.45) is 0 Å². The SMILES string of the molecule is CS(=O)(=O)NCCCCc1ccnc2[nH]ccc12. The summed E-state index contributed by atoms with van der Waals surface area (Å²) in [6.45, 7) is 0.500. The molecule has 0 radical (unpaired) electrons. The molecule has 6 heteroatoms. The van der Waals surface area contributed by atoms with Crippen LogP contribution in [0.25, 0.3) is 11.0 Å². The van der Waals surface area contributed by atoms with Gasteiger partial charge in [-0.1, -0.05) is 0 Å². The summed E-state index contributed by atoms with van der Waals surface area (Å²) in [6.07, 6.45) is 7.57. The fraction of sp³-hybridized carbons (Fsp3) is 0.417. The molecule has 2 aromatic rings. The number of aromatic amines is 1. The van der Waals surface area contributed by atoms with Crippen molar-refractivity contribution in [2.75, 3.05) is 12.8 Å². The number of aryl methyl sites for hydroxylation is 1. The van der Waals surface area contributed by atoms with Crippen LogP contribution in [0.2, 0.25) is 0 Å². The van der Waals surface area contributed by atoms with E-state index in [1.807, 2.05) is 18.3 Å². The summed E-state index contributed by atoms with van der Waals surface area (Å²) in [5.74, 6) is 0. The Balaban J connectivity index is 1.85. The molecule has 0 aliphatic rings. The largest absolute Gasteiger partial charge is 0.346 e. The predicted molar refractivity (Wildman–Crippen MR) is 71.9 cm³/mol. The number of hydrogen-bond donors (Lipinski definition) is 2. The lowest BCUT2D eigenvalue weighted by molar-refractivity contribution is 0.583. The lowest BCUT2D eigenvalue weighted by Gasteiger charge is -2.04. The molecule has 5 nitrogen and oxygen atoms in total. The number of unbranched alkanes of at least 4 members (excludes halogenated alkanes) is 1. The molecular formula is C12H17N3O2S. The Hall–Kier alpha value is -1.40. The number of nitrogens with zero attached hydrogens (tertiary/aromatic N) is 1. The monoisotopic (exact) mass is 267 g/mol. The third-order valence-electron chi connectivity index (χ3n) is 2.79. The lowest BCUT2D eigenvalue weighted by atomic mass is 10.1. The minimum absolute atomic E-state index is 0.500. The van der Waals surface area contributed by atoms with E-state index >= 15 is 0 Å². The van der Waals surface area contributed by atoms with E-state index in [0.29, 0.717) is 6.54 Å². The molecule has 18 heavy (non-hydrogen) atoms. The first-order valence-electron chi connectivity index (χ1n) is 5.92. The van der Waals surface area contributed by atoms with Crippen molar-refractivity contribution >= 4 is 21.1 Å². The summed E-state index contributed by atoms with van der Waals surface area (Å²) in [6, 6.07) is 4.03. The summed E-state index contributed by atoms with van der Waals surface area (Å²) >= 11 is 0. The van der Waals surface area contributed by atoms with E-state index in [2.05, 4.69) is 14.7 Å². The van der Waals surface area contributed by atoms with Gasteiger partial charge in [-0.05, 0) is 37.0 Å². The van der Waals surface area contributed by atoms with Crippen molar-refractivity contribution in [3.63, 3.8) is 0 Å². The number of hydrogen-bond acceptors (Lipinski definition) is 3. The van der Waals surface area contributed by atoms with E-state index in [1.165, 1.54) is 11.8 Å². The predicted octanol–water partition coefficient (Wildman–Crippen LogP) is 1.43. The molecule has 0 unspecified atom stereocenters. The number of pyridine rings is 1. The smallest absolute Gasteiger partial charge is 0.208 e. The van der Waals surface area contributed by atoms with Crippen molar-refractivity contribution in [1.29, 1.82) is 0 Å². The molecule has 2 heterocycles. The second kappa shape index (κ2) is 5.49. The normalized spacial score (nSPS) is 12.1. The van der Waals surface area contributed by atoms with Crippen LogP contribution in [0.4, 0.5) is 0 Å². The number of nitrogens with one attached hydrogen (secondary N) is 2. The van der Waals surface area contributed by atoms with Crippen LogP contribution in [0.1, 0.15) is 18.4 Å². The zero-order valence-corrected chi connectivity index (χ0v) is 11.1. The standard InChI is InChI=1S/C12H17N3O2S/c1-18(16,17)15-7-3-2-4-10-5-8-13-12-11(10)6-9-14-12/h5-6,8-9,15H,2-4,7H2,1H3,(H,13,14). The third-order valence-corrected chi connectivity index (χ3v) is 3.52. The molecule has 0 spiro atoms. The summed E-state index contributed by atoms with van der Waals surface area (Å²) in [4.78, 5) is 7.31. The number of H-pyrrole nitrogens is 1. The van der Waals surface area contributed by atoms with Crippen LogP contribution >= 0.6 is 0 Å². The van der Waals surface area contributed by atoms with Gasteiger partial charge in [0.15, 0.2) is 0 Å². The van der Waals surface area contributed by atoms with Gasteiger partial charge in [-0.2, -0.15) is 0 Å². The number of rotatable bonds is 6. The molecule has 98 valence electrons. The summed E-state index contributed by atoms with van der Waals surface area (Å²) in [5.41, 5.74) is 2.15. The van der Waals surface area contributed by atoms with Gasteiger partial charge in [0.1, 0.15) is 5.65 Å². The molecule has 0 saturated carbocycles. The van der Waals surface area contributed by atoms with Crippen molar-refractivity contribution < 1.29 is 8.42 Å². The second-order valence-electron chi connectivity index (χ2n) is 4.33. The first kappa shape index (κ1) is 13.0. The summed E-state index contributed by atoms with van der Waals surface area (Å²) < 4.78 is 24.3. The average molecular weight is 267 g/mol. The highest BCUT2D eigenvalue weighted by Gasteiger charge is 2.03. The van der Waals surface area contributed by atoms with Crippen LogP contribution in [-0.2, 0) is 16.4 Å². The Morgan fingerprint density at radius 1 is 1.33 bits per heavy atom. The molecule has 0 aliphatic heterocycles. The van der Waals surface area contributed by atoms with Gasteiger partial charge >= 0.3 is 0 Å². The van der Waals surface area contributed by atoms with Gasteiger partial charge in [0, 0.05) is 24.3 Å². The maximum Gasteiger partial charge on any atom is 0.208 e. The topological polar surface area (TPSA) is 74.8 Å². The third kappa shape index (κ3) is 3.54. The lowest BCUT2D eigenvalue weighted by Crippen LogP contribution is -2.22. The molecule has 0 bridgehead atoms. The fourth-order valence-corrected chi connectivity index (χ4v) is 2.45. The fourth-order valence-electron chi connectivity index (χ4n) is 1.93. The van der Waals surface area contributed by atoms with Crippen molar-refractivity contribution in [2.45, 2.75) is 19.3 Å². The molecular weight excluding hydrogens is 250 g/mol. The van der Waals surface area contributed by atoms with Crippen molar-refractivity contribution in [3.05, 3.63) is 30.1 Å². The first-order chi connectivity index (χ1) is 8.56. The van der Waals surface area contributed by atoms with Gasteiger partial charge in [-0.25, -0.2) is 18.1 Å². The zero-order chi connectivity index (χ0) is 13.0. The summed E-state index contributed by atoms with van der Waals surface area (Å²) in [7, 11) is -3.06. The maximum atomic E-state index is 10.9. The highest BCUT2D eigenvalue weighted by Crippen LogP contribution is 2.16. The minimum Gasteiger partial charge on any atom is -0.346 e. The number of fused-ring (bicyclic) bond motifs is 1. The van der Waals surface area contributed by atoms with Crippen LogP contribution in [0, 0.1) is 0 Å². The van der Waals surface area contributed by atoms with E-state index in [-0.39, 0.29) is 0 Å². The molecule has 0 aromatic carbocycles. The van der Waals surface area contributed by atoms with Gasteiger partial charge in [-0.15, -0.1) is 0 Å². The van der Waals surface area contributed by atoms with Crippen LogP contribution in [0.5, 0.6) is 0 Å². The highest BCUT2D eigenvalue weighted by atomic mass is 32.2. The molecule has 2 aromatic heterocycles. The Labute approximate surface area is 107 Å². The zero-order valence-electron chi connectivity index (χ0n) is 10.3. The molecule has 0 saturated heterocycles. The van der Waals surface area contributed by atoms with E-state index in [1.54, 1.807) is 6.20 Å². The average Bonchev–Trinajstić information content (AvgIpc) is 2.75. The molecule has 0 amide bonds. The Morgan fingerprint density at radius 3 is 2.94 bits per heavy atom. The van der Waals surface area contributed by atoms with Gasteiger partial charge in [0.25, 0.3) is 0 Å². The summed E-state index contributed by atoms with van der Waals surface area (Å²) in [5, 5.41) is 1.15. The van der Waals surface area contributed by atoms with E-state index in [9.17, 15) is 8.42 Å².